The number of aromatic nitrogens is 1. The van der Waals surface area contributed by atoms with E-state index in [4.69, 9.17) is 4.74 Å². The Balaban J connectivity index is 1.97. The predicted molar refractivity (Wildman–Crippen MR) is 72.8 cm³/mol. The fourth-order valence-electron chi connectivity index (χ4n) is 3.35. The molecule has 6 nitrogen and oxygen atoms in total. The summed E-state index contributed by atoms with van der Waals surface area (Å²) in [5.41, 5.74) is 0.259. The molecule has 1 aromatic heterocycles. The molecular weight excluding hydrogens is 274 g/mol. The van der Waals surface area contributed by atoms with Gasteiger partial charge in [0, 0.05) is 23.7 Å². The number of fused-ring (bicyclic) bond motifs is 5. The van der Waals surface area contributed by atoms with E-state index >= 15 is 0 Å². The first-order valence-corrected chi connectivity index (χ1v) is 6.61. The van der Waals surface area contributed by atoms with Crippen LogP contribution in [-0.4, -0.2) is 32.5 Å². The van der Waals surface area contributed by atoms with Gasteiger partial charge in [-0.2, -0.15) is 0 Å². The number of aromatic amines is 1. The van der Waals surface area contributed by atoms with Crippen LogP contribution in [0.25, 0.3) is 0 Å². The van der Waals surface area contributed by atoms with Crippen LogP contribution in [0.5, 0.6) is 17.2 Å². The number of nitrogens with one attached hydrogen (secondary N) is 1. The van der Waals surface area contributed by atoms with Crippen LogP contribution in [0.2, 0.25) is 0 Å². The van der Waals surface area contributed by atoms with Gasteiger partial charge in [0.05, 0.1) is 5.92 Å². The molecule has 2 heterocycles. The molecule has 2 atom stereocenters. The van der Waals surface area contributed by atoms with Gasteiger partial charge in [0.1, 0.15) is 23.7 Å². The fourth-order valence-corrected chi connectivity index (χ4v) is 3.35. The molecule has 4 N–H and O–H groups in total. The molecule has 0 saturated carbocycles. The minimum absolute atomic E-state index is 0.0611. The lowest BCUT2D eigenvalue weighted by Gasteiger charge is -2.36. The van der Waals surface area contributed by atoms with Crippen LogP contribution in [0.4, 0.5) is 0 Å². The van der Waals surface area contributed by atoms with Crippen molar-refractivity contribution < 1.29 is 20.1 Å². The van der Waals surface area contributed by atoms with Gasteiger partial charge >= 0.3 is 0 Å². The number of phenols is 1. The standard InChI is InChI=1S/C15H13NO5/c17-8-1-2-9-11(4-8)21-6-15(20)5-7-3-10(18)14(19)16-13(7)12(9)15/h1-4,12,17-18,20H,5-6H2,(H,16,19)/t12-,15+/m0/s1. The third kappa shape index (κ3) is 1.59. The molecule has 0 saturated heterocycles. The van der Waals surface area contributed by atoms with Crippen molar-refractivity contribution >= 4 is 0 Å². The maximum atomic E-state index is 11.7. The van der Waals surface area contributed by atoms with Crippen molar-refractivity contribution in [1.29, 1.82) is 0 Å². The van der Waals surface area contributed by atoms with E-state index in [1.807, 2.05) is 0 Å². The second-order valence-corrected chi connectivity index (χ2v) is 5.65. The Hall–Kier alpha value is -2.47. The van der Waals surface area contributed by atoms with E-state index in [1.54, 1.807) is 6.07 Å². The van der Waals surface area contributed by atoms with Gasteiger partial charge in [-0.05, 0) is 17.7 Å². The van der Waals surface area contributed by atoms with Crippen molar-refractivity contribution in [2.75, 3.05) is 6.61 Å². The lowest BCUT2D eigenvalue weighted by molar-refractivity contribution is -0.0224. The Morgan fingerprint density at radius 2 is 2.10 bits per heavy atom. The molecule has 4 rings (SSSR count). The monoisotopic (exact) mass is 287 g/mol. The fraction of sp³-hybridized carbons (Fsp3) is 0.267. The zero-order valence-electron chi connectivity index (χ0n) is 11.0. The van der Waals surface area contributed by atoms with Crippen molar-refractivity contribution in [2.24, 2.45) is 0 Å². The van der Waals surface area contributed by atoms with E-state index in [2.05, 4.69) is 4.98 Å². The topological polar surface area (TPSA) is 103 Å². The predicted octanol–water partition coefficient (Wildman–Crippen LogP) is 0.598. The molecule has 2 aromatic rings. The van der Waals surface area contributed by atoms with E-state index in [0.717, 1.165) is 0 Å². The molecule has 0 radical (unpaired) electrons. The van der Waals surface area contributed by atoms with Crippen LogP contribution in [-0.2, 0) is 6.42 Å². The largest absolute Gasteiger partial charge is 0.508 e. The molecule has 0 bridgehead atoms. The summed E-state index contributed by atoms with van der Waals surface area (Å²) in [6.45, 7) is 0.0611. The zero-order chi connectivity index (χ0) is 14.8. The van der Waals surface area contributed by atoms with Gasteiger partial charge in [-0.15, -0.1) is 0 Å². The molecule has 108 valence electrons. The highest BCUT2D eigenvalue weighted by atomic mass is 16.5. The average molecular weight is 287 g/mol. The number of pyridine rings is 1. The van der Waals surface area contributed by atoms with Crippen LogP contribution in [0.1, 0.15) is 22.7 Å². The smallest absolute Gasteiger partial charge is 0.290 e. The molecular formula is C15H13NO5. The Labute approximate surface area is 119 Å². The minimum atomic E-state index is -1.16. The lowest BCUT2D eigenvalue weighted by atomic mass is 9.82. The number of aromatic hydroxyl groups is 2. The van der Waals surface area contributed by atoms with Crippen LogP contribution in [0.3, 0.4) is 0 Å². The molecule has 0 unspecified atom stereocenters. The lowest BCUT2D eigenvalue weighted by Crippen LogP contribution is -2.44. The summed E-state index contributed by atoms with van der Waals surface area (Å²) in [4.78, 5) is 14.3. The first-order chi connectivity index (χ1) is 9.98. The highest BCUT2D eigenvalue weighted by Gasteiger charge is 2.50. The maximum absolute atomic E-state index is 11.7. The number of ether oxygens (including phenoxy) is 1. The molecule has 6 heteroatoms. The number of rotatable bonds is 0. The number of hydrogen-bond donors (Lipinski definition) is 4. The number of hydrogen-bond acceptors (Lipinski definition) is 5. The molecule has 2 aliphatic rings. The molecule has 0 spiro atoms. The SMILES string of the molecule is O=c1[nH]c2c(cc1O)C[C@@]1(O)COc3cc(O)ccc3[C@@H]21. The summed E-state index contributed by atoms with van der Waals surface area (Å²) in [6.07, 6.45) is 0.289. The zero-order valence-corrected chi connectivity index (χ0v) is 11.0. The Bertz CT molecular complexity index is 812. The highest BCUT2D eigenvalue weighted by Crippen LogP contribution is 2.50. The van der Waals surface area contributed by atoms with Crippen molar-refractivity contribution in [1.82, 2.24) is 4.98 Å². The summed E-state index contributed by atoms with van der Waals surface area (Å²) >= 11 is 0. The molecule has 1 aliphatic heterocycles. The Morgan fingerprint density at radius 1 is 1.29 bits per heavy atom. The van der Waals surface area contributed by atoms with E-state index < -0.39 is 17.1 Å². The van der Waals surface area contributed by atoms with E-state index in [0.29, 0.717) is 22.6 Å². The number of benzene rings is 1. The number of phenolic OH excluding ortho intramolecular Hbond substituents is 1. The van der Waals surface area contributed by atoms with Crippen LogP contribution in [0.15, 0.2) is 29.1 Å². The Kier molecular flexibility index (Phi) is 2.22. The molecule has 0 fully saturated rings. The minimum Gasteiger partial charge on any atom is -0.508 e. The maximum Gasteiger partial charge on any atom is 0.290 e. The molecule has 1 aliphatic carbocycles. The summed E-state index contributed by atoms with van der Waals surface area (Å²) in [6, 6.07) is 6.08. The normalized spacial score (nSPS) is 25.7. The van der Waals surface area contributed by atoms with E-state index in [9.17, 15) is 20.1 Å². The summed E-state index contributed by atoms with van der Waals surface area (Å²) in [5.74, 6) is -0.226. The van der Waals surface area contributed by atoms with Crippen LogP contribution >= 0.6 is 0 Å². The summed E-state index contributed by atoms with van der Waals surface area (Å²) in [7, 11) is 0. The van der Waals surface area contributed by atoms with Gasteiger partial charge in [-0.3, -0.25) is 4.79 Å². The van der Waals surface area contributed by atoms with Gasteiger partial charge in [0.25, 0.3) is 5.56 Å². The summed E-state index contributed by atoms with van der Waals surface area (Å²) in [5, 5.41) is 29.9. The van der Waals surface area contributed by atoms with Crippen molar-refractivity contribution in [3.8, 4) is 17.2 Å². The van der Waals surface area contributed by atoms with Gasteiger partial charge in [-0.25, -0.2) is 0 Å². The third-order valence-electron chi connectivity index (χ3n) is 4.25. The van der Waals surface area contributed by atoms with E-state index in [-0.39, 0.29) is 24.5 Å². The van der Waals surface area contributed by atoms with Crippen LogP contribution < -0.4 is 10.3 Å². The van der Waals surface area contributed by atoms with Gasteiger partial charge in [-0.1, -0.05) is 6.07 Å². The van der Waals surface area contributed by atoms with Gasteiger partial charge in [0.15, 0.2) is 5.75 Å². The third-order valence-corrected chi connectivity index (χ3v) is 4.25. The molecule has 21 heavy (non-hydrogen) atoms. The first kappa shape index (κ1) is 12.3. The average Bonchev–Trinajstić information content (AvgIpc) is 2.71. The Morgan fingerprint density at radius 3 is 2.90 bits per heavy atom. The number of H-pyrrole nitrogens is 1. The van der Waals surface area contributed by atoms with Crippen molar-refractivity contribution in [3.05, 3.63) is 51.4 Å². The summed E-state index contributed by atoms with van der Waals surface area (Å²) < 4.78 is 5.55. The second kappa shape index (κ2) is 3.79. The van der Waals surface area contributed by atoms with Gasteiger partial charge < -0.3 is 25.0 Å². The first-order valence-electron chi connectivity index (χ1n) is 6.61. The van der Waals surface area contributed by atoms with E-state index in [1.165, 1.54) is 18.2 Å². The highest BCUT2D eigenvalue weighted by molar-refractivity contribution is 5.53. The number of aliphatic hydroxyl groups is 1. The second-order valence-electron chi connectivity index (χ2n) is 5.65. The van der Waals surface area contributed by atoms with Crippen molar-refractivity contribution in [3.63, 3.8) is 0 Å². The quantitative estimate of drug-likeness (QED) is 0.568. The molecule has 0 amide bonds. The molecule has 1 aromatic carbocycles. The van der Waals surface area contributed by atoms with Crippen molar-refractivity contribution in [2.45, 2.75) is 17.9 Å². The van der Waals surface area contributed by atoms with Crippen LogP contribution in [0, 0.1) is 0 Å². The van der Waals surface area contributed by atoms with Gasteiger partial charge in [0.2, 0.25) is 0 Å².